The van der Waals surface area contributed by atoms with Gasteiger partial charge in [0.15, 0.2) is 0 Å². The fourth-order valence-electron chi connectivity index (χ4n) is 3.56. The van der Waals surface area contributed by atoms with Gasteiger partial charge in [0.2, 0.25) is 11.8 Å². The zero-order chi connectivity index (χ0) is 31.1. The first-order chi connectivity index (χ1) is 20.0. The lowest BCUT2D eigenvalue weighted by Gasteiger charge is -2.20. The first-order valence-electron chi connectivity index (χ1n) is 13.3. The van der Waals surface area contributed by atoms with Gasteiger partial charge in [-0.2, -0.15) is 0 Å². The molecular weight excluding hydrogens is 584 g/mol. The van der Waals surface area contributed by atoms with E-state index in [9.17, 15) is 29.4 Å². The molecule has 0 aliphatic carbocycles. The normalized spacial score (nSPS) is 13.7. The fraction of sp³-hybridized carbons (Fsp3) is 0.429. The highest BCUT2D eigenvalue weighted by Gasteiger charge is 2.27. The van der Waals surface area contributed by atoms with E-state index in [0.717, 1.165) is 0 Å². The van der Waals surface area contributed by atoms with Crippen molar-refractivity contribution in [3.05, 3.63) is 59.7 Å². The van der Waals surface area contributed by atoms with Crippen LogP contribution in [0.25, 0.3) is 0 Å². The average Bonchev–Trinajstić information content (AvgIpc) is 2.96. The molecule has 4 unspecified atom stereocenters. The summed E-state index contributed by atoms with van der Waals surface area (Å²) in [6, 6.07) is 8.66. The number of aromatic hydroxyl groups is 2. The number of hydrogen-bond donors (Lipinski definition) is 6. The minimum absolute atomic E-state index is 0.0807. The second-order valence-corrected chi connectivity index (χ2v) is 11.7. The van der Waals surface area contributed by atoms with E-state index in [1.165, 1.54) is 45.9 Å². The lowest BCUT2D eigenvalue weighted by atomic mass is 10.1. The number of hydrogen-bond acceptors (Lipinski definition) is 12. The van der Waals surface area contributed by atoms with Crippen LogP contribution in [-0.2, 0) is 41.5 Å². The zero-order valence-corrected chi connectivity index (χ0v) is 25.1. The maximum atomic E-state index is 12.7. The maximum absolute atomic E-state index is 12.7. The van der Waals surface area contributed by atoms with Crippen molar-refractivity contribution in [1.29, 1.82) is 0 Å². The third-order valence-electron chi connectivity index (χ3n) is 5.78. The van der Waals surface area contributed by atoms with Crippen LogP contribution in [0.2, 0.25) is 0 Å². The molecule has 14 heteroatoms. The van der Waals surface area contributed by atoms with Crippen LogP contribution < -0.4 is 22.1 Å². The number of nitrogens with one attached hydrogen (secondary N) is 2. The molecular formula is C28H38N4O8S2. The van der Waals surface area contributed by atoms with Gasteiger partial charge in [-0.3, -0.25) is 9.59 Å². The lowest BCUT2D eigenvalue weighted by Crippen LogP contribution is -2.51. The van der Waals surface area contributed by atoms with Gasteiger partial charge in [0.05, 0.1) is 25.3 Å². The summed E-state index contributed by atoms with van der Waals surface area (Å²) in [6.07, 6.45) is 0.311. The molecule has 0 aliphatic heterocycles. The third-order valence-corrected chi connectivity index (χ3v) is 8.25. The number of benzene rings is 2. The molecule has 0 saturated heterocycles. The molecule has 0 aromatic heterocycles. The molecule has 2 aromatic carbocycles. The number of amides is 2. The van der Waals surface area contributed by atoms with E-state index in [0.29, 0.717) is 11.1 Å². The Hall–Kier alpha value is -3.46. The molecule has 4 atom stereocenters. The van der Waals surface area contributed by atoms with Crippen LogP contribution in [0.15, 0.2) is 48.5 Å². The zero-order valence-electron chi connectivity index (χ0n) is 23.5. The van der Waals surface area contributed by atoms with Crippen LogP contribution in [0.4, 0.5) is 0 Å². The topological polar surface area (TPSA) is 203 Å². The summed E-state index contributed by atoms with van der Waals surface area (Å²) in [4.78, 5) is 50.2. The summed E-state index contributed by atoms with van der Waals surface area (Å²) in [6.45, 7) is 3.61. The van der Waals surface area contributed by atoms with E-state index in [2.05, 4.69) is 10.6 Å². The summed E-state index contributed by atoms with van der Waals surface area (Å²) in [7, 11) is 2.47. The number of nitrogens with two attached hydrogens (primary N) is 2. The Morgan fingerprint density at radius 2 is 1.02 bits per heavy atom. The summed E-state index contributed by atoms with van der Waals surface area (Å²) in [5.74, 6) is -1.79. The summed E-state index contributed by atoms with van der Waals surface area (Å²) in [5, 5.41) is 24.2. The molecule has 0 aliphatic rings. The van der Waals surface area contributed by atoms with E-state index >= 15 is 0 Å². The smallest absolute Gasteiger partial charge is 0.328 e. The van der Waals surface area contributed by atoms with Gasteiger partial charge in [0, 0.05) is 24.3 Å². The van der Waals surface area contributed by atoms with Crippen LogP contribution in [0, 0.1) is 0 Å². The molecule has 230 valence electrons. The summed E-state index contributed by atoms with van der Waals surface area (Å²) >= 11 is 0. The Kier molecular flexibility index (Phi) is 15.0. The molecule has 0 fully saturated rings. The van der Waals surface area contributed by atoms with Gasteiger partial charge in [0.1, 0.15) is 23.6 Å². The average molecular weight is 623 g/mol. The summed E-state index contributed by atoms with van der Waals surface area (Å²) in [5.41, 5.74) is 13.5. The van der Waals surface area contributed by atoms with E-state index in [-0.39, 0.29) is 49.1 Å². The van der Waals surface area contributed by atoms with E-state index < -0.39 is 47.9 Å². The Bertz CT molecular complexity index is 1080. The van der Waals surface area contributed by atoms with Gasteiger partial charge in [0.25, 0.3) is 0 Å². The number of carbonyl (C=O) groups excluding carboxylic acids is 4. The number of esters is 2. The van der Waals surface area contributed by atoms with Crippen LogP contribution in [0.1, 0.15) is 25.0 Å². The first kappa shape index (κ1) is 34.7. The predicted molar refractivity (Wildman–Crippen MR) is 162 cm³/mol. The number of phenolic OH excluding ortho intramolecular Hbond substituents is 2. The Morgan fingerprint density at radius 1 is 0.690 bits per heavy atom. The number of carbonyl (C=O) groups is 4. The molecule has 0 heterocycles. The molecule has 42 heavy (non-hydrogen) atoms. The second-order valence-electron chi connectivity index (χ2n) is 9.15. The van der Waals surface area contributed by atoms with Crippen molar-refractivity contribution in [1.82, 2.24) is 10.6 Å². The lowest BCUT2D eigenvalue weighted by molar-refractivity contribution is -0.147. The van der Waals surface area contributed by atoms with E-state index in [1.54, 1.807) is 38.1 Å². The van der Waals surface area contributed by atoms with Gasteiger partial charge in [-0.05, 0) is 49.2 Å². The molecule has 2 aromatic rings. The van der Waals surface area contributed by atoms with Crippen molar-refractivity contribution >= 4 is 45.3 Å². The second kappa shape index (κ2) is 18.2. The minimum Gasteiger partial charge on any atom is -0.508 e. The molecule has 2 rings (SSSR count). The van der Waals surface area contributed by atoms with Crippen LogP contribution in [0.3, 0.4) is 0 Å². The molecule has 0 radical (unpaired) electrons. The maximum Gasteiger partial charge on any atom is 0.328 e. The van der Waals surface area contributed by atoms with Crippen molar-refractivity contribution in [2.45, 2.75) is 50.9 Å². The molecule has 0 bridgehead atoms. The van der Waals surface area contributed by atoms with Crippen LogP contribution in [0.5, 0.6) is 11.5 Å². The standard InChI is InChI=1S/C28H38N4O8S2/c1-3-39-27(37)23(13-17-5-9-19(33)10-6-17)31-25(35)21(29)15-41-42-16-22(30)26(36)32-24(28(38)40-4-2)14-18-7-11-20(34)12-8-18/h5-12,21-24,33-34H,3-4,13-16,29-30H2,1-2H3,(H,31,35)(H,32,36). The quantitative estimate of drug-likeness (QED) is 0.0832. The molecule has 0 spiro atoms. The van der Waals surface area contributed by atoms with Gasteiger partial charge < -0.3 is 41.8 Å². The van der Waals surface area contributed by atoms with E-state index in [4.69, 9.17) is 20.9 Å². The highest BCUT2D eigenvalue weighted by Crippen LogP contribution is 2.22. The Morgan fingerprint density at radius 3 is 1.33 bits per heavy atom. The largest absolute Gasteiger partial charge is 0.508 e. The van der Waals surface area contributed by atoms with Crippen molar-refractivity contribution in [2.75, 3.05) is 24.7 Å². The van der Waals surface area contributed by atoms with Gasteiger partial charge in [-0.25, -0.2) is 9.59 Å². The Labute approximate surface area is 252 Å². The summed E-state index contributed by atoms with van der Waals surface area (Å²) < 4.78 is 10.2. The molecule has 0 saturated carbocycles. The van der Waals surface area contributed by atoms with Crippen molar-refractivity contribution < 1.29 is 38.9 Å². The fourth-order valence-corrected chi connectivity index (χ4v) is 5.80. The van der Waals surface area contributed by atoms with E-state index in [1.807, 2.05) is 0 Å². The van der Waals surface area contributed by atoms with Gasteiger partial charge >= 0.3 is 11.9 Å². The van der Waals surface area contributed by atoms with Crippen molar-refractivity contribution in [2.24, 2.45) is 11.5 Å². The van der Waals surface area contributed by atoms with Crippen LogP contribution in [-0.4, -0.2) is 82.9 Å². The number of rotatable bonds is 17. The van der Waals surface area contributed by atoms with Crippen LogP contribution >= 0.6 is 21.6 Å². The Balaban J connectivity index is 1.84. The molecule has 8 N–H and O–H groups in total. The minimum atomic E-state index is -0.961. The number of phenols is 2. The van der Waals surface area contributed by atoms with Crippen molar-refractivity contribution in [3.63, 3.8) is 0 Å². The van der Waals surface area contributed by atoms with Crippen molar-refractivity contribution in [3.8, 4) is 11.5 Å². The third kappa shape index (κ3) is 12.2. The molecule has 12 nitrogen and oxygen atoms in total. The predicted octanol–water partition coefficient (Wildman–Crippen LogP) is 1.01. The van der Waals surface area contributed by atoms with Gasteiger partial charge in [-0.15, -0.1) is 0 Å². The molecule has 2 amide bonds. The SMILES string of the molecule is CCOC(=O)C(Cc1ccc(O)cc1)NC(=O)C(N)CSSCC(N)C(=O)NC(Cc1ccc(O)cc1)C(=O)OCC. The number of ether oxygens (including phenoxy) is 2. The van der Waals surface area contributed by atoms with Gasteiger partial charge in [-0.1, -0.05) is 45.9 Å². The highest BCUT2D eigenvalue weighted by molar-refractivity contribution is 8.76. The monoisotopic (exact) mass is 622 g/mol. The highest BCUT2D eigenvalue weighted by atomic mass is 33.1. The first-order valence-corrected chi connectivity index (χ1v) is 15.8.